The lowest BCUT2D eigenvalue weighted by Gasteiger charge is -2.39. The molecule has 104 valence electrons. The van der Waals surface area contributed by atoms with E-state index in [4.69, 9.17) is 0 Å². The normalized spacial score (nSPS) is 30.7. The van der Waals surface area contributed by atoms with Gasteiger partial charge in [0.05, 0.1) is 0 Å². The van der Waals surface area contributed by atoms with Crippen molar-refractivity contribution in [1.29, 1.82) is 0 Å². The number of hydrogen-bond donors (Lipinski definition) is 1. The maximum atomic E-state index is 12.9. The summed E-state index contributed by atoms with van der Waals surface area (Å²) in [4.78, 5) is 2.64. The van der Waals surface area contributed by atoms with Gasteiger partial charge in [0.1, 0.15) is 5.82 Å². The zero-order valence-corrected chi connectivity index (χ0v) is 11.6. The molecule has 2 aliphatic rings. The first-order chi connectivity index (χ1) is 9.26. The van der Waals surface area contributed by atoms with Crippen molar-refractivity contribution < 1.29 is 4.39 Å². The maximum Gasteiger partial charge on any atom is 0.123 e. The Bertz CT molecular complexity index is 403. The molecular formula is C16H23FN2. The molecule has 2 atom stereocenters. The summed E-state index contributed by atoms with van der Waals surface area (Å²) >= 11 is 0. The zero-order valence-electron chi connectivity index (χ0n) is 11.6. The number of nitrogens with one attached hydrogen (secondary N) is 1. The predicted molar refractivity (Wildman–Crippen MR) is 75.5 cm³/mol. The van der Waals surface area contributed by atoms with Crippen LogP contribution in [0.5, 0.6) is 0 Å². The van der Waals surface area contributed by atoms with Crippen LogP contribution in [0.4, 0.5) is 4.39 Å². The van der Waals surface area contributed by atoms with E-state index in [1.165, 1.54) is 31.2 Å². The third kappa shape index (κ3) is 2.82. The minimum Gasteiger partial charge on any atom is -0.314 e. The number of hydrogen-bond acceptors (Lipinski definition) is 2. The summed E-state index contributed by atoms with van der Waals surface area (Å²) < 4.78 is 12.9. The molecule has 3 rings (SSSR count). The Morgan fingerprint density at radius 1 is 1.16 bits per heavy atom. The highest BCUT2D eigenvalue weighted by Crippen LogP contribution is 2.36. The van der Waals surface area contributed by atoms with E-state index in [9.17, 15) is 4.39 Å². The van der Waals surface area contributed by atoms with Crippen LogP contribution < -0.4 is 5.32 Å². The minimum atomic E-state index is -0.141. The van der Waals surface area contributed by atoms with Crippen LogP contribution in [-0.4, -0.2) is 29.6 Å². The van der Waals surface area contributed by atoms with Gasteiger partial charge in [0.25, 0.3) is 0 Å². The molecule has 2 aliphatic heterocycles. The topological polar surface area (TPSA) is 15.3 Å². The standard InChI is InChI=1S/C16H23FN2/c1-2-18-14-9-15-7-8-16(10-14)19(15)11-12-3-5-13(17)6-4-12/h3-6,14-16,18H,2,7-11H2,1H3. The van der Waals surface area contributed by atoms with E-state index >= 15 is 0 Å². The molecule has 2 bridgehead atoms. The van der Waals surface area contributed by atoms with Gasteiger partial charge in [-0.05, 0) is 49.9 Å². The van der Waals surface area contributed by atoms with Gasteiger partial charge in [0, 0.05) is 24.7 Å². The molecule has 0 radical (unpaired) electrons. The molecule has 2 unspecified atom stereocenters. The van der Waals surface area contributed by atoms with Crippen LogP contribution in [-0.2, 0) is 6.54 Å². The second-order valence-electron chi connectivity index (χ2n) is 5.91. The number of nitrogens with zero attached hydrogens (tertiary/aromatic N) is 1. The lowest BCUT2D eigenvalue weighted by molar-refractivity contribution is 0.110. The maximum absolute atomic E-state index is 12.9. The quantitative estimate of drug-likeness (QED) is 0.897. The average molecular weight is 262 g/mol. The lowest BCUT2D eigenvalue weighted by Crippen LogP contribution is -2.48. The fraction of sp³-hybridized carbons (Fsp3) is 0.625. The SMILES string of the molecule is CCNC1CC2CCC(C1)N2Cc1ccc(F)cc1. The van der Waals surface area contributed by atoms with Crippen molar-refractivity contribution in [3.05, 3.63) is 35.6 Å². The summed E-state index contributed by atoms with van der Waals surface area (Å²) in [6.45, 7) is 4.24. The Morgan fingerprint density at radius 2 is 1.79 bits per heavy atom. The summed E-state index contributed by atoms with van der Waals surface area (Å²) in [5.41, 5.74) is 1.24. The lowest BCUT2D eigenvalue weighted by atomic mass is 9.96. The van der Waals surface area contributed by atoms with Crippen LogP contribution in [0.2, 0.25) is 0 Å². The first-order valence-electron chi connectivity index (χ1n) is 7.50. The highest BCUT2D eigenvalue weighted by atomic mass is 19.1. The first-order valence-corrected chi connectivity index (χ1v) is 7.50. The Balaban J connectivity index is 1.65. The highest BCUT2D eigenvalue weighted by molar-refractivity contribution is 5.17. The van der Waals surface area contributed by atoms with E-state index in [1.54, 1.807) is 12.1 Å². The second kappa shape index (κ2) is 5.59. The monoisotopic (exact) mass is 262 g/mol. The Morgan fingerprint density at radius 3 is 2.37 bits per heavy atom. The van der Waals surface area contributed by atoms with Crippen molar-refractivity contribution in [2.45, 2.75) is 57.3 Å². The van der Waals surface area contributed by atoms with Crippen LogP contribution in [0, 0.1) is 5.82 Å². The number of halogens is 1. The molecule has 0 saturated carbocycles. The summed E-state index contributed by atoms with van der Waals surface area (Å²) in [5.74, 6) is -0.141. The molecule has 1 aromatic carbocycles. The van der Waals surface area contributed by atoms with Crippen LogP contribution >= 0.6 is 0 Å². The van der Waals surface area contributed by atoms with Crippen molar-refractivity contribution in [3.8, 4) is 0 Å². The van der Waals surface area contributed by atoms with Gasteiger partial charge < -0.3 is 5.32 Å². The number of piperidine rings is 1. The average Bonchev–Trinajstić information content (AvgIpc) is 2.64. The number of benzene rings is 1. The molecule has 1 N–H and O–H groups in total. The predicted octanol–water partition coefficient (Wildman–Crippen LogP) is 2.93. The van der Waals surface area contributed by atoms with Gasteiger partial charge in [0.15, 0.2) is 0 Å². The van der Waals surface area contributed by atoms with Crippen molar-refractivity contribution in [2.24, 2.45) is 0 Å². The van der Waals surface area contributed by atoms with Gasteiger partial charge >= 0.3 is 0 Å². The van der Waals surface area contributed by atoms with Crippen molar-refractivity contribution in [2.75, 3.05) is 6.54 Å². The van der Waals surface area contributed by atoms with E-state index in [2.05, 4.69) is 17.1 Å². The largest absolute Gasteiger partial charge is 0.314 e. The Hall–Kier alpha value is -0.930. The summed E-state index contributed by atoms with van der Waals surface area (Å²) in [7, 11) is 0. The van der Waals surface area contributed by atoms with Gasteiger partial charge in [-0.15, -0.1) is 0 Å². The van der Waals surface area contributed by atoms with E-state index in [-0.39, 0.29) is 5.82 Å². The zero-order chi connectivity index (χ0) is 13.2. The molecule has 0 aromatic heterocycles. The number of rotatable bonds is 4. The molecule has 2 heterocycles. The van der Waals surface area contributed by atoms with E-state index < -0.39 is 0 Å². The third-order valence-electron chi connectivity index (χ3n) is 4.66. The van der Waals surface area contributed by atoms with E-state index in [0.29, 0.717) is 18.1 Å². The van der Waals surface area contributed by atoms with Crippen LogP contribution in [0.3, 0.4) is 0 Å². The number of fused-ring (bicyclic) bond motifs is 2. The summed E-state index contributed by atoms with van der Waals surface area (Å²) in [6.07, 6.45) is 5.19. The highest BCUT2D eigenvalue weighted by Gasteiger charge is 2.40. The molecule has 2 nitrogen and oxygen atoms in total. The van der Waals surface area contributed by atoms with Gasteiger partial charge in [-0.2, -0.15) is 0 Å². The molecule has 2 saturated heterocycles. The van der Waals surface area contributed by atoms with Gasteiger partial charge in [-0.1, -0.05) is 19.1 Å². The third-order valence-corrected chi connectivity index (χ3v) is 4.66. The molecular weight excluding hydrogens is 239 g/mol. The van der Waals surface area contributed by atoms with E-state index in [0.717, 1.165) is 13.1 Å². The fourth-order valence-electron chi connectivity index (χ4n) is 3.79. The molecule has 0 aliphatic carbocycles. The van der Waals surface area contributed by atoms with E-state index in [1.807, 2.05) is 12.1 Å². The van der Waals surface area contributed by atoms with Gasteiger partial charge in [-0.25, -0.2) is 4.39 Å². The van der Waals surface area contributed by atoms with Crippen LogP contribution in [0.1, 0.15) is 38.2 Å². The fourth-order valence-corrected chi connectivity index (χ4v) is 3.79. The Kier molecular flexibility index (Phi) is 3.85. The molecule has 2 fully saturated rings. The van der Waals surface area contributed by atoms with Crippen molar-refractivity contribution in [3.63, 3.8) is 0 Å². The van der Waals surface area contributed by atoms with Crippen LogP contribution in [0.15, 0.2) is 24.3 Å². The molecule has 3 heteroatoms. The molecule has 1 aromatic rings. The van der Waals surface area contributed by atoms with Crippen molar-refractivity contribution in [1.82, 2.24) is 10.2 Å². The Labute approximate surface area is 115 Å². The summed E-state index contributed by atoms with van der Waals surface area (Å²) in [6, 6.07) is 9.12. The van der Waals surface area contributed by atoms with Crippen molar-refractivity contribution >= 4 is 0 Å². The summed E-state index contributed by atoms with van der Waals surface area (Å²) in [5, 5.41) is 3.60. The second-order valence-corrected chi connectivity index (χ2v) is 5.91. The van der Waals surface area contributed by atoms with Gasteiger partial charge in [-0.3, -0.25) is 4.90 Å². The first kappa shape index (κ1) is 13.1. The molecule has 0 amide bonds. The smallest absolute Gasteiger partial charge is 0.123 e. The molecule has 19 heavy (non-hydrogen) atoms. The minimum absolute atomic E-state index is 0.141. The van der Waals surface area contributed by atoms with Crippen LogP contribution in [0.25, 0.3) is 0 Å². The molecule has 0 spiro atoms. The van der Waals surface area contributed by atoms with Gasteiger partial charge in [0.2, 0.25) is 0 Å².